The van der Waals surface area contributed by atoms with Gasteiger partial charge in [-0.1, -0.05) is 26.0 Å². The average Bonchev–Trinajstić information content (AvgIpc) is 2.44. The summed E-state index contributed by atoms with van der Waals surface area (Å²) in [7, 11) is 0. The molecule has 3 nitrogen and oxygen atoms in total. The van der Waals surface area contributed by atoms with Gasteiger partial charge in [0, 0.05) is 30.4 Å². The van der Waals surface area contributed by atoms with Crippen LogP contribution >= 0.6 is 0 Å². The normalized spacial score (nSPS) is 24.2. The number of nitrogens with one attached hydrogen (secondary N) is 1. The van der Waals surface area contributed by atoms with Gasteiger partial charge in [-0.05, 0) is 43.9 Å². The van der Waals surface area contributed by atoms with E-state index < -0.39 is 0 Å². The molecular formula is C17H27NO2. The van der Waals surface area contributed by atoms with Crippen molar-refractivity contribution in [3.05, 3.63) is 29.8 Å². The molecule has 112 valence electrons. The van der Waals surface area contributed by atoms with Gasteiger partial charge in [0.1, 0.15) is 0 Å². The number of hydrogen-bond acceptors (Lipinski definition) is 3. The summed E-state index contributed by atoms with van der Waals surface area (Å²) < 4.78 is 5.77. The van der Waals surface area contributed by atoms with Crippen molar-refractivity contribution >= 4 is 5.69 Å². The summed E-state index contributed by atoms with van der Waals surface area (Å²) in [5, 5.41) is 12.5. The molecule has 0 aliphatic heterocycles. The summed E-state index contributed by atoms with van der Waals surface area (Å²) in [5.74, 6) is 0. The fourth-order valence-electron chi connectivity index (χ4n) is 2.92. The zero-order chi connectivity index (χ0) is 14.6. The first-order valence-corrected chi connectivity index (χ1v) is 7.66. The first kappa shape index (κ1) is 15.3. The number of aliphatic hydroxyl groups excluding tert-OH is 1. The summed E-state index contributed by atoms with van der Waals surface area (Å²) in [6.07, 6.45) is 3.19. The molecule has 20 heavy (non-hydrogen) atoms. The van der Waals surface area contributed by atoms with Gasteiger partial charge in [0.05, 0.1) is 6.10 Å². The SMILES string of the molecule is CCOC1CC(Nc2cccc(CCCO)c2)C1(C)C. The predicted molar refractivity (Wildman–Crippen MR) is 83.1 cm³/mol. The molecule has 2 N–H and O–H groups in total. The number of ether oxygens (including phenoxy) is 1. The monoisotopic (exact) mass is 277 g/mol. The Morgan fingerprint density at radius 2 is 2.20 bits per heavy atom. The largest absolute Gasteiger partial charge is 0.396 e. The Kier molecular flexibility index (Phi) is 5.06. The summed E-state index contributed by atoms with van der Waals surface area (Å²) >= 11 is 0. The van der Waals surface area contributed by atoms with Crippen LogP contribution in [0, 0.1) is 5.41 Å². The van der Waals surface area contributed by atoms with E-state index in [0.29, 0.717) is 12.1 Å². The van der Waals surface area contributed by atoms with Crippen molar-refractivity contribution in [3.8, 4) is 0 Å². The molecule has 3 heteroatoms. The number of aryl methyl sites for hydroxylation is 1. The fourth-order valence-corrected chi connectivity index (χ4v) is 2.92. The Morgan fingerprint density at radius 3 is 2.85 bits per heavy atom. The summed E-state index contributed by atoms with van der Waals surface area (Å²) in [6, 6.07) is 8.98. The van der Waals surface area contributed by atoms with Gasteiger partial charge < -0.3 is 15.2 Å². The van der Waals surface area contributed by atoms with Crippen LogP contribution in [0.15, 0.2) is 24.3 Å². The van der Waals surface area contributed by atoms with Crippen LogP contribution < -0.4 is 5.32 Å². The highest BCUT2D eigenvalue weighted by Gasteiger charge is 2.48. The minimum Gasteiger partial charge on any atom is -0.396 e. The molecule has 1 aromatic carbocycles. The predicted octanol–water partition coefficient (Wildman–Crippen LogP) is 3.23. The van der Waals surface area contributed by atoms with Gasteiger partial charge in [0.2, 0.25) is 0 Å². The van der Waals surface area contributed by atoms with Crippen molar-refractivity contribution in [1.82, 2.24) is 0 Å². The van der Waals surface area contributed by atoms with E-state index >= 15 is 0 Å². The van der Waals surface area contributed by atoms with Crippen molar-refractivity contribution in [1.29, 1.82) is 0 Å². The van der Waals surface area contributed by atoms with Crippen molar-refractivity contribution in [2.75, 3.05) is 18.5 Å². The van der Waals surface area contributed by atoms with Crippen molar-refractivity contribution < 1.29 is 9.84 Å². The van der Waals surface area contributed by atoms with Crippen LogP contribution in [0.4, 0.5) is 5.69 Å². The molecule has 0 radical (unpaired) electrons. The molecule has 1 aliphatic carbocycles. The summed E-state index contributed by atoms with van der Waals surface area (Å²) in [4.78, 5) is 0. The molecule has 0 amide bonds. The number of benzene rings is 1. The highest BCUT2D eigenvalue weighted by Crippen LogP contribution is 2.44. The maximum atomic E-state index is 8.91. The lowest BCUT2D eigenvalue weighted by atomic mass is 9.64. The molecule has 0 aromatic heterocycles. The summed E-state index contributed by atoms with van der Waals surface area (Å²) in [6.45, 7) is 7.64. The van der Waals surface area contributed by atoms with E-state index in [0.717, 1.165) is 25.9 Å². The second-order valence-electron chi connectivity index (χ2n) is 6.23. The first-order valence-electron chi connectivity index (χ1n) is 7.66. The highest BCUT2D eigenvalue weighted by atomic mass is 16.5. The van der Waals surface area contributed by atoms with Crippen LogP contribution in [0.1, 0.15) is 39.2 Å². The van der Waals surface area contributed by atoms with E-state index in [4.69, 9.17) is 9.84 Å². The third-order valence-electron chi connectivity index (χ3n) is 4.44. The maximum absolute atomic E-state index is 8.91. The van der Waals surface area contributed by atoms with Gasteiger partial charge in [-0.15, -0.1) is 0 Å². The molecule has 0 heterocycles. The van der Waals surface area contributed by atoms with Gasteiger partial charge in [-0.3, -0.25) is 0 Å². The highest BCUT2D eigenvalue weighted by molar-refractivity contribution is 5.47. The third kappa shape index (κ3) is 3.33. The van der Waals surface area contributed by atoms with Crippen LogP contribution in [0.25, 0.3) is 0 Å². The van der Waals surface area contributed by atoms with Crippen LogP contribution in [0.3, 0.4) is 0 Å². The number of aliphatic hydroxyl groups is 1. The van der Waals surface area contributed by atoms with Gasteiger partial charge in [0.15, 0.2) is 0 Å². The molecule has 0 saturated heterocycles. The number of anilines is 1. The topological polar surface area (TPSA) is 41.5 Å². The quantitative estimate of drug-likeness (QED) is 0.804. The van der Waals surface area contributed by atoms with Crippen molar-refractivity contribution in [2.45, 2.75) is 52.2 Å². The molecule has 0 spiro atoms. The van der Waals surface area contributed by atoms with E-state index in [1.807, 2.05) is 0 Å². The van der Waals surface area contributed by atoms with Crippen LogP contribution in [0.5, 0.6) is 0 Å². The van der Waals surface area contributed by atoms with Gasteiger partial charge >= 0.3 is 0 Å². The van der Waals surface area contributed by atoms with E-state index in [1.165, 1.54) is 11.3 Å². The van der Waals surface area contributed by atoms with E-state index in [1.54, 1.807) is 0 Å². The zero-order valence-corrected chi connectivity index (χ0v) is 12.9. The molecule has 0 bridgehead atoms. The minimum absolute atomic E-state index is 0.178. The smallest absolute Gasteiger partial charge is 0.0665 e. The van der Waals surface area contributed by atoms with Crippen molar-refractivity contribution in [3.63, 3.8) is 0 Å². The summed E-state index contributed by atoms with van der Waals surface area (Å²) in [5.41, 5.74) is 2.63. The lowest BCUT2D eigenvalue weighted by Gasteiger charge is -2.52. The fraction of sp³-hybridized carbons (Fsp3) is 0.647. The molecule has 1 aromatic rings. The lowest BCUT2D eigenvalue weighted by Crippen LogP contribution is -2.58. The Balaban J connectivity index is 1.94. The standard InChI is InChI=1S/C17H27NO2/c1-4-20-16-12-15(17(16,2)3)18-14-9-5-7-13(11-14)8-6-10-19/h5,7,9,11,15-16,18-19H,4,6,8,10,12H2,1-3H3. The molecule has 2 rings (SSSR count). The lowest BCUT2D eigenvalue weighted by molar-refractivity contribution is -0.0975. The van der Waals surface area contributed by atoms with E-state index in [9.17, 15) is 0 Å². The van der Waals surface area contributed by atoms with Crippen LogP contribution in [0.2, 0.25) is 0 Å². The Hall–Kier alpha value is -1.06. The molecular weight excluding hydrogens is 250 g/mol. The second kappa shape index (κ2) is 6.59. The first-order chi connectivity index (χ1) is 9.57. The Labute approximate surface area is 122 Å². The zero-order valence-electron chi connectivity index (χ0n) is 12.9. The molecule has 1 aliphatic rings. The molecule has 2 atom stereocenters. The van der Waals surface area contributed by atoms with E-state index in [-0.39, 0.29) is 12.0 Å². The average molecular weight is 277 g/mol. The Morgan fingerprint density at radius 1 is 1.40 bits per heavy atom. The van der Waals surface area contributed by atoms with Gasteiger partial charge in [0.25, 0.3) is 0 Å². The number of rotatable bonds is 7. The van der Waals surface area contributed by atoms with Crippen LogP contribution in [-0.2, 0) is 11.2 Å². The molecule has 1 saturated carbocycles. The third-order valence-corrected chi connectivity index (χ3v) is 4.44. The molecule has 1 fully saturated rings. The van der Waals surface area contributed by atoms with Crippen LogP contribution in [-0.4, -0.2) is 30.5 Å². The Bertz CT molecular complexity index is 431. The van der Waals surface area contributed by atoms with Gasteiger partial charge in [-0.2, -0.15) is 0 Å². The van der Waals surface area contributed by atoms with Gasteiger partial charge in [-0.25, -0.2) is 0 Å². The van der Waals surface area contributed by atoms with Crippen molar-refractivity contribution in [2.24, 2.45) is 5.41 Å². The van der Waals surface area contributed by atoms with E-state index in [2.05, 4.69) is 50.4 Å². The molecule has 2 unspecified atom stereocenters. The maximum Gasteiger partial charge on any atom is 0.0665 e. The number of hydrogen-bond donors (Lipinski definition) is 2. The second-order valence-corrected chi connectivity index (χ2v) is 6.23. The minimum atomic E-state index is 0.178.